The number of fused-ring (bicyclic) bond motifs is 2. The van der Waals surface area contributed by atoms with Crippen LogP contribution in [0.5, 0.6) is 0 Å². The second-order valence-electron chi connectivity index (χ2n) is 8.53. The Labute approximate surface area is 168 Å². The molecule has 4 rings (SSSR count). The van der Waals surface area contributed by atoms with E-state index < -0.39 is 11.6 Å². The molecule has 28 heavy (non-hydrogen) atoms. The SMILES string of the molecule is CC(C)Sc1cccn2c(C(C)(C)NC(=O)C3[C@H]4CN(C(=O)O)C[C@@H]34)ncc12. The first kappa shape index (κ1) is 19.1. The summed E-state index contributed by atoms with van der Waals surface area (Å²) in [5.41, 5.74) is 0.410. The molecule has 2 aliphatic rings. The van der Waals surface area contributed by atoms with Crippen molar-refractivity contribution in [1.82, 2.24) is 19.6 Å². The third kappa shape index (κ3) is 3.23. The smallest absolute Gasteiger partial charge is 0.407 e. The lowest BCUT2D eigenvalue weighted by molar-refractivity contribution is -0.125. The van der Waals surface area contributed by atoms with Gasteiger partial charge in [-0.3, -0.25) is 4.79 Å². The van der Waals surface area contributed by atoms with E-state index in [1.165, 1.54) is 9.80 Å². The summed E-state index contributed by atoms with van der Waals surface area (Å²) in [7, 11) is 0. The number of aromatic nitrogens is 2. The van der Waals surface area contributed by atoms with Crippen molar-refractivity contribution in [2.75, 3.05) is 13.1 Å². The zero-order chi connectivity index (χ0) is 20.2. The first-order valence-corrected chi connectivity index (χ1v) is 10.5. The van der Waals surface area contributed by atoms with Crippen LogP contribution in [0.4, 0.5) is 4.79 Å². The highest BCUT2D eigenvalue weighted by Gasteiger charge is 2.60. The van der Waals surface area contributed by atoms with Gasteiger partial charge in [-0.25, -0.2) is 9.78 Å². The van der Waals surface area contributed by atoms with E-state index in [2.05, 4.69) is 30.2 Å². The lowest BCUT2D eigenvalue weighted by atomic mass is 10.0. The number of nitrogens with zero attached hydrogens (tertiary/aromatic N) is 3. The molecule has 0 spiro atoms. The summed E-state index contributed by atoms with van der Waals surface area (Å²) >= 11 is 1.79. The van der Waals surface area contributed by atoms with Gasteiger partial charge in [-0.15, -0.1) is 11.8 Å². The quantitative estimate of drug-likeness (QED) is 0.751. The number of nitrogens with one attached hydrogen (secondary N) is 1. The first-order chi connectivity index (χ1) is 13.2. The van der Waals surface area contributed by atoms with Crippen LogP contribution in [0.3, 0.4) is 0 Å². The zero-order valence-corrected chi connectivity index (χ0v) is 17.4. The first-order valence-electron chi connectivity index (χ1n) is 9.62. The predicted molar refractivity (Wildman–Crippen MR) is 107 cm³/mol. The van der Waals surface area contributed by atoms with E-state index in [9.17, 15) is 9.59 Å². The fraction of sp³-hybridized carbons (Fsp3) is 0.550. The Hall–Kier alpha value is -2.22. The van der Waals surface area contributed by atoms with Crippen molar-refractivity contribution in [3.05, 3.63) is 30.4 Å². The fourth-order valence-electron chi connectivity index (χ4n) is 4.33. The van der Waals surface area contributed by atoms with Crippen molar-refractivity contribution in [2.24, 2.45) is 17.8 Å². The van der Waals surface area contributed by atoms with Gasteiger partial charge in [-0.2, -0.15) is 0 Å². The van der Waals surface area contributed by atoms with Gasteiger partial charge in [-0.1, -0.05) is 13.8 Å². The predicted octanol–water partition coefficient (Wildman–Crippen LogP) is 3.04. The van der Waals surface area contributed by atoms with E-state index in [-0.39, 0.29) is 23.7 Å². The number of carboxylic acid groups (broad SMARTS) is 1. The Morgan fingerprint density at radius 2 is 2.00 bits per heavy atom. The molecule has 150 valence electrons. The van der Waals surface area contributed by atoms with Crippen LogP contribution in [0.2, 0.25) is 0 Å². The average molecular weight is 403 g/mol. The van der Waals surface area contributed by atoms with Gasteiger partial charge in [0.2, 0.25) is 5.91 Å². The molecular weight excluding hydrogens is 376 g/mol. The second-order valence-corrected chi connectivity index (χ2v) is 10.1. The zero-order valence-electron chi connectivity index (χ0n) is 16.5. The highest BCUT2D eigenvalue weighted by molar-refractivity contribution is 8.00. The van der Waals surface area contributed by atoms with E-state index in [1.807, 2.05) is 36.7 Å². The van der Waals surface area contributed by atoms with Crippen LogP contribution in [0.15, 0.2) is 29.4 Å². The molecule has 0 bridgehead atoms. The van der Waals surface area contributed by atoms with Crippen LogP contribution < -0.4 is 5.32 Å². The van der Waals surface area contributed by atoms with E-state index in [4.69, 9.17) is 5.11 Å². The van der Waals surface area contributed by atoms with Crippen LogP contribution in [0.25, 0.3) is 5.52 Å². The number of carbonyl (C=O) groups is 2. The van der Waals surface area contributed by atoms with Gasteiger partial charge in [-0.05, 0) is 37.8 Å². The molecule has 2 amide bonds. The summed E-state index contributed by atoms with van der Waals surface area (Å²) in [4.78, 5) is 31.1. The maximum Gasteiger partial charge on any atom is 0.407 e. The molecule has 2 aromatic rings. The Kier molecular flexibility index (Phi) is 4.56. The number of carbonyl (C=O) groups excluding carboxylic acids is 1. The van der Waals surface area contributed by atoms with Crippen LogP contribution in [-0.2, 0) is 10.3 Å². The van der Waals surface area contributed by atoms with Crippen LogP contribution in [0, 0.1) is 17.8 Å². The van der Waals surface area contributed by atoms with Crippen molar-refractivity contribution < 1.29 is 14.7 Å². The largest absolute Gasteiger partial charge is 0.465 e. The second kappa shape index (κ2) is 6.69. The van der Waals surface area contributed by atoms with Gasteiger partial charge in [0, 0.05) is 35.3 Å². The minimum atomic E-state index is -0.898. The van der Waals surface area contributed by atoms with Gasteiger partial charge >= 0.3 is 6.09 Å². The molecule has 3 heterocycles. The Morgan fingerprint density at radius 3 is 2.61 bits per heavy atom. The number of rotatable bonds is 5. The molecule has 0 radical (unpaired) electrons. The lowest BCUT2D eigenvalue weighted by Crippen LogP contribution is -2.44. The normalized spacial score (nSPS) is 23.9. The number of likely N-dealkylation sites (tertiary alicyclic amines) is 1. The molecule has 1 aliphatic carbocycles. The molecule has 3 atom stereocenters. The minimum absolute atomic E-state index is 0.00509. The molecule has 1 saturated carbocycles. The van der Waals surface area contributed by atoms with Gasteiger partial charge < -0.3 is 19.7 Å². The number of hydrogen-bond acceptors (Lipinski definition) is 4. The maximum atomic E-state index is 12.8. The van der Waals surface area contributed by atoms with Crippen molar-refractivity contribution in [3.8, 4) is 0 Å². The number of pyridine rings is 1. The van der Waals surface area contributed by atoms with Gasteiger partial charge in [0.25, 0.3) is 0 Å². The molecular formula is C20H26N4O3S. The molecule has 7 nitrogen and oxygen atoms in total. The van der Waals surface area contributed by atoms with Crippen LogP contribution >= 0.6 is 11.8 Å². The average Bonchev–Trinajstić information content (AvgIpc) is 2.97. The van der Waals surface area contributed by atoms with Gasteiger partial charge in [0.1, 0.15) is 5.82 Å². The topological polar surface area (TPSA) is 86.9 Å². The summed E-state index contributed by atoms with van der Waals surface area (Å²) in [6.45, 7) is 9.16. The molecule has 8 heteroatoms. The minimum Gasteiger partial charge on any atom is -0.465 e. The van der Waals surface area contributed by atoms with Crippen molar-refractivity contribution in [1.29, 1.82) is 0 Å². The van der Waals surface area contributed by atoms with E-state index in [0.717, 1.165) is 11.3 Å². The maximum absolute atomic E-state index is 12.8. The third-order valence-electron chi connectivity index (χ3n) is 5.66. The number of amides is 2. The standard InChI is InChI=1S/C20H26N4O3S/c1-11(2)28-15-6-5-7-24-14(15)8-21-18(24)20(3,4)22-17(25)16-12-9-23(19(26)27)10-13(12)16/h5-8,11-13,16H,9-10H2,1-4H3,(H,22,25)(H,26,27)/t12-,13+,16?. The van der Waals surface area contributed by atoms with E-state index >= 15 is 0 Å². The Bertz CT molecular complexity index is 927. The molecule has 2 fully saturated rings. The summed E-state index contributed by atoms with van der Waals surface area (Å²) in [5.74, 6) is 0.999. The van der Waals surface area contributed by atoms with E-state index in [1.54, 1.807) is 11.8 Å². The van der Waals surface area contributed by atoms with E-state index in [0.29, 0.717) is 18.3 Å². The molecule has 2 N–H and O–H groups in total. The lowest BCUT2D eigenvalue weighted by Gasteiger charge is -2.26. The Morgan fingerprint density at radius 1 is 1.32 bits per heavy atom. The summed E-state index contributed by atoms with van der Waals surface area (Å²) in [6, 6.07) is 4.10. The molecule has 0 aromatic carbocycles. The van der Waals surface area contributed by atoms with Gasteiger partial charge in [0.05, 0.1) is 17.3 Å². The monoisotopic (exact) mass is 402 g/mol. The summed E-state index contributed by atoms with van der Waals surface area (Å²) < 4.78 is 2.05. The van der Waals surface area contributed by atoms with Crippen molar-refractivity contribution in [2.45, 2.75) is 43.4 Å². The Balaban J connectivity index is 1.50. The van der Waals surface area contributed by atoms with Crippen LogP contribution in [-0.4, -0.2) is 49.7 Å². The fourth-order valence-corrected chi connectivity index (χ4v) is 5.27. The summed E-state index contributed by atoms with van der Waals surface area (Å²) in [5, 5.41) is 12.7. The highest BCUT2D eigenvalue weighted by atomic mass is 32.2. The molecule has 1 unspecified atom stereocenters. The molecule has 2 aromatic heterocycles. The van der Waals surface area contributed by atoms with Crippen LogP contribution in [0.1, 0.15) is 33.5 Å². The number of hydrogen-bond donors (Lipinski definition) is 2. The van der Waals surface area contributed by atoms with Crippen molar-refractivity contribution in [3.63, 3.8) is 0 Å². The molecule has 1 aliphatic heterocycles. The number of thioether (sulfide) groups is 1. The summed E-state index contributed by atoms with van der Waals surface area (Å²) in [6.07, 6.45) is 2.95. The number of piperidine rings is 1. The highest BCUT2D eigenvalue weighted by Crippen LogP contribution is 2.52. The molecule has 1 saturated heterocycles. The van der Waals surface area contributed by atoms with Gasteiger partial charge in [0.15, 0.2) is 0 Å². The number of imidazole rings is 1. The van der Waals surface area contributed by atoms with Crippen molar-refractivity contribution >= 4 is 29.3 Å². The third-order valence-corrected chi connectivity index (χ3v) is 6.73.